The summed E-state index contributed by atoms with van der Waals surface area (Å²) in [5.74, 6) is 1.21. The minimum absolute atomic E-state index is 0.457. The lowest BCUT2D eigenvalue weighted by Gasteiger charge is -2.23. The van der Waals surface area contributed by atoms with E-state index in [2.05, 4.69) is 27.1 Å². The molecule has 2 rings (SSSR count). The molecule has 2 heterocycles. The maximum Gasteiger partial charge on any atom is 0.147 e. The van der Waals surface area contributed by atoms with E-state index in [9.17, 15) is 0 Å². The Balaban J connectivity index is 1.82. The molecule has 0 spiro atoms. The van der Waals surface area contributed by atoms with Gasteiger partial charge in [-0.1, -0.05) is 0 Å². The smallest absolute Gasteiger partial charge is 0.147 e. The van der Waals surface area contributed by atoms with Crippen LogP contribution in [0.2, 0.25) is 0 Å². The van der Waals surface area contributed by atoms with E-state index in [1.165, 1.54) is 25.9 Å². The Kier molecular flexibility index (Phi) is 3.56. The number of likely N-dealkylation sites (tertiary alicyclic amines) is 1. The third-order valence-corrected chi connectivity index (χ3v) is 3.00. The van der Waals surface area contributed by atoms with Crippen LogP contribution < -0.4 is 11.1 Å². The first-order chi connectivity index (χ1) is 7.75. The Morgan fingerprint density at radius 1 is 1.44 bits per heavy atom. The van der Waals surface area contributed by atoms with Crippen molar-refractivity contribution in [1.29, 1.82) is 0 Å². The average molecular weight is 221 g/mol. The van der Waals surface area contributed by atoms with Crippen LogP contribution in [-0.2, 0) is 0 Å². The van der Waals surface area contributed by atoms with Crippen molar-refractivity contribution >= 4 is 11.6 Å². The maximum atomic E-state index is 5.56. The second kappa shape index (κ2) is 5.12. The van der Waals surface area contributed by atoms with Crippen LogP contribution in [0.5, 0.6) is 0 Å². The normalized spacial score (nSPS) is 18.6. The molecule has 3 N–H and O–H groups in total. The number of nitrogens with two attached hydrogens (primary N) is 1. The van der Waals surface area contributed by atoms with Gasteiger partial charge in [0.1, 0.15) is 11.6 Å². The zero-order chi connectivity index (χ0) is 11.4. The summed E-state index contributed by atoms with van der Waals surface area (Å²) in [6.07, 6.45) is 5.90. The SMILES string of the molecule is CC(CNc1cncc(N)n1)N1CCCC1. The van der Waals surface area contributed by atoms with Gasteiger partial charge >= 0.3 is 0 Å². The molecule has 1 fully saturated rings. The molecule has 16 heavy (non-hydrogen) atoms. The molecule has 1 aromatic rings. The predicted octanol–water partition coefficient (Wildman–Crippen LogP) is 0.955. The Labute approximate surface area is 96.1 Å². The number of rotatable bonds is 4. The van der Waals surface area contributed by atoms with Crippen molar-refractivity contribution in [2.24, 2.45) is 0 Å². The first-order valence-electron chi connectivity index (χ1n) is 5.81. The summed E-state index contributed by atoms with van der Waals surface area (Å²) >= 11 is 0. The lowest BCUT2D eigenvalue weighted by molar-refractivity contribution is 0.269. The molecule has 1 aliphatic rings. The molecule has 1 unspecified atom stereocenters. The molecule has 1 saturated heterocycles. The molecular formula is C11H19N5. The van der Waals surface area contributed by atoms with Crippen LogP contribution in [0.4, 0.5) is 11.6 Å². The third-order valence-electron chi connectivity index (χ3n) is 3.00. The summed E-state index contributed by atoms with van der Waals surface area (Å²) in [6, 6.07) is 0.533. The van der Waals surface area contributed by atoms with Gasteiger partial charge in [-0.05, 0) is 32.9 Å². The van der Waals surface area contributed by atoms with Gasteiger partial charge in [0.2, 0.25) is 0 Å². The van der Waals surface area contributed by atoms with Crippen LogP contribution in [0.15, 0.2) is 12.4 Å². The van der Waals surface area contributed by atoms with Gasteiger partial charge in [-0.3, -0.25) is 9.88 Å². The van der Waals surface area contributed by atoms with Gasteiger partial charge < -0.3 is 11.1 Å². The molecule has 0 amide bonds. The first-order valence-corrected chi connectivity index (χ1v) is 5.81. The molecule has 0 aromatic carbocycles. The van der Waals surface area contributed by atoms with Crippen molar-refractivity contribution in [3.63, 3.8) is 0 Å². The minimum Gasteiger partial charge on any atom is -0.382 e. The van der Waals surface area contributed by atoms with E-state index in [-0.39, 0.29) is 0 Å². The molecule has 0 aliphatic carbocycles. The molecule has 0 radical (unpaired) electrons. The Bertz CT molecular complexity index is 335. The Hall–Kier alpha value is -1.36. The second-order valence-electron chi connectivity index (χ2n) is 4.30. The minimum atomic E-state index is 0.457. The van der Waals surface area contributed by atoms with Crippen LogP contribution >= 0.6 is 0 Å². The molecule has 5 heteroatoms. The number of nitrogens with zero attached hydrogens (tertiary/aromatic N) is 3. The summed E-state index contributed by atoms with van der Waals surface area (Å²) < 4.78 is 0. The van der Waals surface area contributed by atoms with Crippen molar-refractivity contribution in [2.75, 3.05) is 30.7 Å². The highest BCUT2D eigenvalue weighted by atomic mass is 15.2. The fourth-order valence-corrected chi connectivity index (χ4v) is 2.03. The van der Waals surface area contributed by atoms with E-state index in [0.717, 1.165) is 12.4 Å². The van der Waals surface area contributed by atoms with Gasteiger partial charge in [-0.25, -0.2) is 4.98 Å². The topological polar surface area (TPSA) is 67.1 Å². The number of anilines is 2. The summed E-state index contributed by atoms with van der Waals surface area (Å²) in [5.41, 5.74) is 5.56. The molecular weight excluding hydrogens is 202 g/mol. The molecule has 88 valence electrons. The number of nitrogen functional groups attached to an aromatic ring is 1. The van der Waals surface area contributed by atoms with Crippen LogP contribution in [0.1, 0.15) is 19.8 Å². The summed E-state index contributed by atoms with van der Waals surface area (Å²) in [7, 11) is 0. The summed E-state index contributed by atoms with van der Waals surface area (Å²) in [6.45, 7) is 5.55. The molecule has 1 aliphatic heterocycles. The number of hydrogen-bond acceptors (Lipinski definition) is 5. The highest BCUT2D eigenvalue weighted by Crippen LogP contribution is 2.12. The fraction of sp³-hybridized carbons (Fsp3) is 0.636. The van der Waals surface area contributed by atoms with Gasteiger partial charge in [-0.2, -0.15) is 0 Å². The van der Waals surface area contributed by atoms with Crippen LogP contribution in [0, 0.1) is 0 Å². The quantitative estimate of drug-likeness (QED) is 0.792. The maximum absolute atomic E-state index is 5.56. The third kappa shape index (κ3) is 2.82. The van der Waals surface area contributed by atoms with E-state index in [4.69, 9.17) is 5.73 Å². The lowest BCUT2D eigenvalue weighted by atomic mass is 10.3. The number of hydrogen-bond donors (Lipinski definition) is 2. The number of aromatic nitrogens is 2. The van der Waals surface area contributed by atoms with Gasteiger partial charge in [-0.15, -0.1) is 0 Å². The van der Waals surface area contributed by atoms with Crippen molar-refractivity contribution in [1.82, 2.24) is 14.9 Å². The second-order valence-corrected chi connectivity index (χ2v) is 4.30. The highest BCUT2D eigenvalue weighted by molar-refractivity contribution is 5.38. The van der Waals surface area contributed by atoms with Crippen molar-refractivity contribution in [2.45, 2.75) is 25.8 Å². The molecule has 1 aromatic heterocycles. The van der Waals surface area contributed by atoms with E-state index in [1.807, 2.05) is 0 Å². The molecule has 5 nitrogen and oxygen atoms in total. The highest BCUT2D eigenvalue weighted by Gasteiger charge is 2.17. The van der Waals surface area contributed by atoms with E-state index in [0.29, 0.717) is 11.9 Å². The van der Waals surface area contributed by atoms with E-state index < -0.39 is 0 Å². The monoisotopic (exact) mass is 221 g/mol. The number of nitrogens with one attached hydrogen (secondary N) is 1. The van der Waals surface area contributed by atoms with Crippen molar-refractivity contribution in [3.8, 4) is 0 Å². The van der Waals surface area contributed by atoms with E-state index >= 15 is 0 Å². The standard InChI is InChI=1S/C11H19N5/c1-9(16-4-2-3-5-16)6-14-11-8-13-7-10(12)15-11/h7-9H,2-6H2,1H3,(H3,12,14,15). The fourth-order valence-electron chi connectivity index (χ4n) is 2.03. The van der Waals surface area contributed by atoms with Gasteiger partial charge in [0, 0.05) is 12.6 Å². The predicted molar refractivity (Wildman–Crippen MR) is 65.2 cm³/mol. The van der Waals surface area contributed by atoms with Gasteiger partial charge in [0.25, 0.3) is 0 Å². The van der Waals surface area contributed by atoms with Crippen LogP contribution in [-0.4, -0.2) is 40.5 Å². The van der Waals surface area contributed by atoms with Gasteiger partial charge in [0.05, 0.1) is 12.4 Å². The zero-order valence-electron chi connectivity index (χ0n) is 9.69. The Morgan fingerprint density at radius 3 is 2.88 bits per heavy atom. The largest absolute Gasteiger partial charge is 0.382 e. The van der Waals surface area contributed by atoms with Gasteiger partial charge in [0.15, 0.2) is 0 Å². The Morgan fingerprint density at radius 2 is 2.19 bits per heavy atom. The average Bonchev–Trinajstić information content (AvgIpc) is 2.79. The van der Waals surface area contributed by atoms with Crippen molar-refractivity contribution in [3.05, 3.63) is 12.4 Å². The first kappa shape index (κ1) is 11.1. The summed E-state index contributed by atoms with van der Waals surface area (Å²) in [4.78, 5) is 10.6. The molecule has 1 atom stereocenters. The van der Waals surface area contributed by atoms with E-state index in [1.54, 1.807) is 12.4 Å². The molecule has 0 saturated carbocycles. The lowest BCUT2D eigenvalue weighted by Crippen LogP contribution is -2.35. The summed E-state index contributed by atoms with van der Waals surface area (Å²) in [5, 5.41) is 3.27. The van der Waals surface area contributed by atoms with Crippen LogP contribution in [0.25, 0.3) is 0 Å². The zero-order valence-corrected chi connectivity index (χ0v) is 9.69. The van der Waals surface area contributed by atoms with Crippen molar-refractivity contribution < 1.29 is 0 Å². The van der Waals surface area contributed by atoms with Crippen LogP contribution in [0.3, 0.4) is 0 Å². The molecule has 0 bridgehead atoms.